The Morgan fingerprint density at radius 1 is 1.06 bits per heavy atom. The second-order valence-electron chi connectivity index (χ2n) is 8.30. The molecule has 1 aliphatic heterocycles. The van der Waals surface area contributed by atoms with Gasteiger partial charge in [0, 0.05) is 25.6 Å². The van der Waals surface area contributed by atoms with Crippen molar-refractivity contribution in [1.29, 1.82) is 0 Å². The lowest BCUT2D eigenvalue weighted by molar-refractivity contribution is -0.151. The van der Waals surface area contributed by atoms with Crippen LogP contribution < -0.4 is 4.72 Å². The van der Waals surface area contributed by atoms with E-state index in [2.05, 4.69) is 4.72 Å². The third kappa shape index (κ3) is 6.88. The van der Waals surface area contributed by atoms with Gasteiger partial charge in [0.15, 0.2) is 0 Å². The van der Waals surface area contributed by atoms with Gasteiger partial charge in [-0.05, 0) is 56.4 Å². The molecule has 0 spiro atoms. The summed E-state index contributed by atoms with van der Waals surface area (Å²) in [7, 11) is -3.65. The summed E-state index contributed by atoms with van der Waals surface area (Å²) in [5.74, 6) is -0.249. The lowest BCUT2D eigenvalue weighted by atomic mass is 9.96. The zero-order valence-electron chi connectivity index (χ0n) is 19.2. The molecule has 1 amide bonds. The van der Waals surface area contributed by atoms with Crippen LogP contribution in [0.2, 0.25) is 0 Å². The van der Waals surface area contributed by atoms with E-state index in [0.717, 1.165) is 11.1 Å². The van der Waals surface area contributed by atoms with Crippen molar-refractivity contribution in [2.24, 2.45) is 5.92 Å². The summed E-state index contributed by atoms with van der Waals surface area (Å²) >= 11 is 0. The molecule has 1 fully saturated rings. The third-order valence-electron chi connectivity index (χ3n) is 5.96. The van der Waals surface area contributed by atoms with E-state index >= 15 is 0 Å². The van der Waals surface area contributed by atoms with Crippen LogP contribution in [-0.2, 0) is 30.8 Å². The van der Waals surface area contributed by atoms with Crippen molar-refractivity contribution in [2.75, 3.05) is 19.7 Å². The molecular weight excluding hydrogens is 440 g/mol. The molecule has 1 heterocycles. The quantitative estimate of drug-likeness (QED) is 0.564. The highest BCUT2D eigenvalue weighted by atomic mass is 32.2. The molecule has 0 bridgehead atoms. The Morgan fingerprint density at radius 2 is 1.70 bits per heavy atom. The number of benzene rings is 2. The van der Waals surface area contributed by atoms with Crippen LogP contribution in [0.25, 0.3) is 0 Å². The number of ether oxygens (including phenoxy) is 1. The highest BCUT2D eigenvalue weighted by Gasteiger charge is 2.28. The van der Waals surface area contributed by atoms with Crippen molar-refractivity contribution >= 4 is 21.9 Å². The second-order valence-corrected chi connectivity index (χ2v) is 10.0. The van der Waals surface area contributed by atoms with Crippen LogP contribution in [-0.4, -0.2) is 44.9 Å². The average molecular weight is 473 g/mol. The Balaban J connectivity index is 1.49. The Morgan fingerprint density at radius 3 is 2.30 bits per heavy atom. The molecule has 3 rings (SSSR count). The summed E-state index contributed by atoms with van der Waals surface area (Å²) in [5.41, 5.74) is 1.79. The maximum absolute atomic E-state index is 12.7. The number of amides is 1. The van der Waals surface area contributed by atoms with Gasteiger partial charge in [0.25, 0.3) is 0 Å². The maximum atomic E-state index is 12.7. The molecule has 0 radical (unpaired) electrons. The third-order valence-corrected chi connectivity index (χ3v) is 7.52. The number of nitrogens with zero attached hydrogens (tertiary/aromatic N) is 1. The van der Waals surface area contributed by atoms with Gasteiger partial charge in [-0.25, -0.2) is 13.1 Å². The summed E-state index contributed by atoms with van der Waals surface area (Å²) in [6.07, 6.45) is 2.14. The summed E-state index contributed by atoms with van der Waals surface area (Å²) in [4.78, 5) is 26.4. The summed E-state index contributed by atoms with van der Waals surface area (Å²) in [6, 6.07) is 15.7. The van der Waals surface area contributed by atoms with Gasteiger partial charge in [0.05, 0.1) is 17.4 Å². The van der Waals surface area contributed by atoms with E-state index in [1.54, 1.807) is 36.1 Å². The Hall–Kier alpha value is -2.71. The van der Waals surface area contributed by atoms with Crippen molar-refractivity contribution in [3.05, 3.63) is 65.7 Å². The van der Waals surface area contributed by atoms with Crippen molar-refractivity contribution in [3.63, 3.8) is 0 Å². The standard InChI is InChI=1S/C25H32N2O5S/c1-3-32-25(29)22-15-17-27(18-16-22)24(28)14-11-20-9-12-23(13-10-20)33(30,31)26-19(2)21-7-5-4-6-8-21/h4-10,12-13,19,22,26H,3,11,14-18H2,1-2H3/t19-/m1/s1. The van der Waals surface area contributed by atoms with Crippen LogP contribution in [0.5, 0.6) is 0 Å². The van der Waals surface area contributed by atoms with Gasteiger partial charge in [0.1, 0.15) is 0 Å². The molecule has 1 N–H and O–H groups in total. The first-order valence-corrected chi connectivity index (χ1v) is 12.9. The molecule has 8 heteroatoms. The Kier molecular flexibility index (Phi) is 8.63. The van der Waals surface area contributed by atoms with Gasteiger partial charge >= 0.3 is 5.97 Å². The van der Waals surface area contributed by atoms with E-state index in [1.165, 1.54) is 0 Å². The first kappa shape index (κ1) is 24.9. The summed E-state index contributed by atoms with van der Waals surface area (Å²) in [6.45, 7) is 5.10. The highest BCUT2D eigenvalue weighted by molar-refractivity contribution is 7.89. The van der Waals surface area contributed by atoms with E-state index in [0.29, 0.717) is 45.4 Å². The van der Waals surface area contributed by atoms with E-state index < -0.39 is 10.0 Å². The number of rotatable bonds is 9. The Labute approximate surface area is 196 Å². The number of carbonyl (C=O) groups is 2. The van der Waals surface area contributed by atoms with Gasteiger partial charge in [-0.2, -0.15) is 0 Å². The van der Waals surface area contributed by atoms with Gasteiger partial charge in [0.2, 0.25) is 15.9 Å². The minimum atomic E-state index is -3.65. The smallest absolute Gasteiger partial charge is 0.309 e. The zero-order valence-corrected chi connectivity index (χ0v) is 20.0. The number of carbonyl (C=O) groups excluding carboxylic acids is 2. The molecule has 1 atom stereocenters. The maximum Gasteiger partial charge on any atom is 0.309 e. The number of sulfonamides is 1. The molecule has 178 valence electrons. The van der Waals surface area contributed by atoms with Gasteiger partial charge in [-0.15, -0.1) is 0 Å². The summed E-state index contributed by atoms with van der Waals surface area (Å²) in [5, 5.41) is 0. The monoisotopic (exact) mass is 472 g/mol. The molecule has 1 aliphatic rings. The van der Waals surface area contributed by atoms with Crippen molar-refractivity contribution in [3.8, 4) is 0 Å². The van der Waals surface area contributed by atoms with E-state index in [9.17, 15) is 18.0 Å². The van der Waals surface area contributed by atoms with Gasteiger partial charge < -0.3 is 9.64 Å². The fourth-order valence-corrected chi connectivity index (χ4v) is 5.21. The fourth-order valence-electron chi connectivity index (χ4n) is 3.98. The number of hydrogen-bond donors (Lipinski definition) is 1. The molecule has 0 unspecified atom stereocenters. The van der Waals surface area contributed by atoms with Gasteiger partial charge in [-0.3, -0.25) is 9.59 Å². The molecule has 2 aromatic carbocycles. The lowest BCUT2D eigenvalue weighted by Crippen LogP contribution is -2.40. The van der Waals surface area contributed by atoms with Crippen molar-refractivity contribution < 1.29 is 22.7 Å². The Bertz CT molecular complexity index is 1030. The zero-order chi connectivity index (χ0) is 23.8. The van der Waals surface area contributed by atoms with E-state index in [4.69, 9.17) is 4.74 Å². The molecule has 0 saturated carbocycles. The van der Waals surface area contributed by atoms with Crippen molar-refractivity contribution in [2.45, 2.75) is 50.5 Å². The first-order valence-electron chi connectivity index (χ1n) is 11.4. The van der Waals surface area contributed by atoms with E-state index in [1.807, 2.05) is 37.3 Å². The number of nitrogens with one attached hydrogen (secondary N) is 1. The van der Waals surface area contributed by atoms with Crippen LogP contribution in [0, 0.1) is 5.92 Å². The number of piperidine rings is 1. The van der Waals surface area contributed by atoms with Crippen LogP contribution in [0.1, 0.15) is 50.3 Å². The molecule has 33 heavy (non-hydrogen) atoms. The van der Waals surface area contributed by atoms with Gasteiger partial charge in [-0.1, -0.05) is 42.5 Å². The van der Waals surface area contributed by atoms with Crippen LogP contribution in [0.4, 0.5) is 0 Å². The van der Waals surface area contributed by atoms with Crippen LogP contribution in [0.15, 0.2) is 59.5 Å². The number of esters is 1. The van der Waals surface area contributed by atoms with Crippen LogP contribution in [0.3, 0.4) is 0 Å². The summed E-state index contributed by atoms with van der Waals surface area (Å²) < 4.78 is 33.2. The minimum absolute atomic E-state index is 0.0485. The largest absolute Gasteiger partial charge is 0.466 e. The topological polar surface area (TPSA) is 92.8 Å². The highest BCUT2D eigenvalue weighted by Crippen LogP contribution is 2.21. The molecule has 0 aromatic heterocycles. The van der Waals surface area contributed by atoms with Crippen molar-refractivity contribution in [1.82, 2.24) is 9.62 Å². The van der Waals surface area contributed by atoms with Crippen LogP contribution >= 0.6 is 0 Å². The molecular formula is C25H32N2O5S. The predicted molar refractivity (Wildman–Crippen MR) is 126 cm³/mol. The molecule has 0 aliphatic carbocycles. The molecule has 2 aromatic rings. The number of aryl methyl sites for hydroxylation is 1. The van der Waals surface area contributed by atoms with E-state index in [-0.39, 0.29) is 28.7 Å². The fraction of sp³-hybridized carbons (Fsp3) is 0.440. The SMILES string of the molecule is CCOC(=O)C1CCN(C(=O)CCc2ccc(S(=O)(=O)N[C@H](C)c3ccccc3)cc2)CC1. The first-order chi connectivity index (χ1) is 15.8. The molecule has 7 nitrogen and oxygen atoms in total. The minimum Gasteiger partial charge on any atom is -0.466 e. The average Bonchev–Trinajstić information content (AvgIpc) is 2.83. The predicted octanol–water partition coefficient (Wildman–Crippen LogP) is 3.46. The number of likely N-dealkylation sites (tertiary alicyclic amines) is 1. The molecule has 1 saturated heterocycles. The normalized spacial score (nSPS) is 15.8. The number of hydrogen-bond acceptors (Lipinski definition) is 5. The second kappa shape index (κ2) is 11.4. The lowest BCUT2D eigenvalue weighted by Gasteiger charge is -2.31.